The lowest BCUT2D eigenvalue weighted by molar-refractivity contribution is 0.565. The third-order valence-electron chi connectivity index (χ3n) is 3.09. The molecule has 102 valence electrons. The molecular formula is C14H19N3OS. The summed E-state index contributed by atoms with van der Waals surface area (Å²) in [6, 6.07) is 3.70. The van der Waals surface area contributed by atoms with E-state index in [9.17, 15) is 4.79 Å². The highest BCUT2D eigenvalue weighted by Gasteiger charge is 2.03. The zero-order valence-corrected chi connectivity index (χ0v) is 12.4. The summed E-state index contributed by atoms with van der Waals surface area (Å²) in [4.78, 5) is 17.5. The molecule has 0 aromatic carbocycles. The topological polar surface area (TPSA) is 46.9 Å². The van der Waals surface area contributed by atoms with Crippen LogP contribution >= 0.6 is 11.3 Å². The van der Waals surface area contributed by atoms with Gasteiger partial charge in [0, 0.05) is 36.3 Å². The van der Waals surface area contributed by atoms with Gasteiger partial charge < -0.3 is 5.32 Å². The number of thiophene rings is 1. The van der Waals surface area contributed by atoms with Crippen molar-refractivity contribution in [2.75, 3.05) is 6.54 Å². The Morgan fingerprint density at radius 1 is 1.37 bits per heavy atom. The molecule has 0 bridgehead atoms. The monoisotopic (exact) mass is 277 g/mol. The van der Waals surface area contributed by atoms with Crippen molar-refractivity contribution >= 4 is 11.3 Å². The van der Waals surface area contributed by atoms with E-state index in [0.717, 1.165) is 24.6 Å². The Hall–Kier alpha value is -1.46. The van der Waals surface area contributed by atoms with Crippen LogP contribution in [0.4, 0.5) is 0 Å². The molecule has 19 heavy (non-hydrogen) atoms. The molecule has 2 rings (SSSR count). The van der Waals surface area contributed by atoms with Crippen LogP contribution in [0.5, 0.6) is 0 Å². The van der Waals surface area contributed by atoms with Gasteiger partial charge in [0.05, 0.1) is 0 Å². The Bertz CT molecular complexity index is 615. The van der Waals surface area contributed by atoms with Crippen molar-refractivity contribution in [2.45, 2.75) is 33.9 Å². The van der Waals surface area contributed by atoms with Crippen LogP contribution in [0, 0.1) is 20.8 Å². The summed E-state index contributed by atoms with van der Waals surface area (Å²) in [5, 5.41) is 5.47. The van der Waals surface area contributed by atoms with Crippen LogP contribution in [0.25, 0.3) is 0 Å². The van der Waals surface area contributed by atoms with E-state index in [0.29, 0.717) is 6.54 Å². The molecule has 0 saturated heterocycles. The Labute approximate surface area is 117 Å². The van der Waals surface area contributed by atoms with Crippen LogP contribution in [0.1, 0.15) is 22.0 Å². The minimum absolute atomic E-state index is 0.0269. The Balaban J connectivity index is 1.90. The van der Waals surface area contributed by atoms with Crippen LogP contribution < -0.4 is 10.9 Å². The first-order valence-corrected chi connectivity index (χ1v) is 7.24. The maximum absolute atomic E-state index is 11.8. The summed E-state index contributed by atoms with van der Waals surface area (Å²) < 4.78 is 1.71. The number of hydrogen-bond donors (Lipinski definition) is 1. The van der Waals surface area contributed by atoms with Crippen molar-refractivity contribution in [3.05, 3.63) is 49.8 Å². The lowest BCUT2D eigenvalue weighted by atomic mass is 10.3. The molecule has 1 N–H and O–H groups in total. The molecule has 2 aromatic heterocycles. The van der Waals surface area contributed by atoms with Crippen molar-refractivity contribution in [1.82, 2.24) is 14.9 Å². The molecular weight excluding hydrogens is 258 g/mol. The van der Waals surface area contributed by atoms with Gasteiger partial charge in [0.1, 0.15) is 5.82 Å². The van der Waals surface area contributed by atoms with Crippen LogP contribution in [0.15, 0.2) is 22.3 Å². The summed E-state index contributed by atoms with van der Waals surface area (Å²) >= 11 is 1.76. The van der Waals surface area contributed by atoms with E-state index < -0.39 is 0 Å². The summed E-state index contributed by atoms with van der Waals surface area (Å²) in [7, 11) is 0. The molecule has 0 aliphatic rings. The smallest absolute Gasteiger partial charge is 0.253 e. The predicted molar refractivity (Wildman–Crippen MR) is 78.7 cm³/mol. The Kier molecular flexibility index (Phi) is 4.50. The zero-order chi connectivity index (χ0) is 13.8. The van der Waals surface area contributed by atoms with Gasteiger partial charge in [-0.3, -0.25) is 9.36 Å². The molecule has 0 aliphatic heterocycles. The fraction of sp³-hybridized carbons (Fsp3) is 0.429. The van der Waals surface area contributed by atoms with Crippen molar-refractivity contribution in [3.8, 4) is 0 Å². The average Bonchev–Trinajstić information content (AvgIpc) is 2.73. The molecule has 0 unspecified atom stereocenters. The van der Waals surface area contributed by atoms with Crippen LogP contribution in [-0.4, -0.2) is 16.1 Å². The standard InChI is InChI=1S/C14H19N3OS/c1-10-4-7-19-13(10)9-15-5-6-17-12(3)16-11(2)8-14(17)18/h4,7-8,15H,5-6,9H2,1-3H3. The Morgan fingerprint density at radius 2 is 2.16 bits per heavy atom. The summed E-state index contributed by atoms with van der Waals surface area (Å²) in [5.41, 5.74) is 2.13. The second-order valence-electron chi connectivity index (χ2n) is 4.64. The lowest BCUT2D eigenvalue weighted by Crippen LogP contribution is -2.29. The van der Waals surface area contributed by atoms with Gasteiger partial charge in [-0.15, -0.1) is 11.3 Å². The van der Waals surface area contributed by atoms with Gasteiger partial charge in [-0.2, -0.15) is 0 Å². The molecule has 0 radical (unpaired) electrons. The first kappa shape index (κ1) is 14.0. The van der Waals surface area contributed by atoms with Gasteiger partial charge in [0.2, 0.25) is 0 Å². The fourth-order valence-corrected chi connectivity index (χ4v) is 2.89. The third-order valence-corrected chi connectivity index (χ3v) is 4.12. The number of rotatable bonds is 5. The van der Waals surface area contributed by atoms with Crippen LogP contribution in [0.2, 0.25) is 0 Å². The second-order valence-corrected chi connectivity index (χ2v) is 5.64. The predicted octanol–water partition coefficient (Wildman–Crippen LogP) is 2.02. The van der Waals surface area contributed by atoms with Gasteiger partial charge in [-0.25, -0.2) is 4.98 Å². The summed E-state index contributed by atoms with van der Waals surface area (Å²) in [6.07, 6.45) is 0. The molecule has 0 fully saturated rings. The minimum Gasteiger partial charge on any atom is -0.310 e. The molecule has 0 amide bonds. The van der Waals surface area contributed by atoms with Crippen molar-refractivity contribution < 1.29 is 0 Å². The Morgan fingerprint density at radius 3 is 2.79 bits per heavy atom. The number of nitrogens with zero attached hydrogens (tertiary/aromatic N) is 2. The third kappa shape index (κ3) is 3.52. The molecule has 0 spiro atoms. The van der Waals surface area contributed by atoms with E-state index in [1.165, 1.54) is 10.4 Å². The second kappa shape index (κ2) is 6.12. The van der Waals surface area contributed by atoms with Crippen LogP contribution in [0.3, 0.4) is 0 Å². The zero-order valence-electron chi connectivity index (χ0n) is 11.6. The van der Waals surface area contributed by atoms with Gasteiger partial charge >= 0.3 is 0 Å². The van der Waals surface area contributed by atoms with E-state index >= 15 is 0 Å². The first-order chi connectivity index (χ1) is 9.08. The lowest BCUT2D eigenvalue weighted by Gasteiger charge is -2.10. The van der Waals surface area contributed by atoms with E-state index in [4.69, 9.17) is 0 Å². The van der Waals surface area contributed by atoms with Gasteiger partial charge in [0.25, 0.3) is 5.56 Å². The molecule has 0 atom stereocenters. The van der Waals surface area contributed by atoms with Gasteiger partial charge in [-0.05, 0) is 37.8 Å². The molecule has 2 heterocycles. The molecule has 2 aromatic rings. The van der Waals surface area contributed by atoms with Gasteiger partial charge in [-0.1, -0.05) is 0 Å². The number of nitrogens with one attached hydrogen (secondary N) is 1. The number of aromatic nitrogens is 2. The van der Waals surface area contributed by atoms with E-state index in [2.05, 4.69) is 28.7 Å². The maximum Gasteiger partial charge on any atom is 0.253 e. The molecule has 4 nitrogen and oxygen atoms in total. The normalized spacial score (nSPS) is 10.9. The average molecular weight is 277 g/mol. The highest BCUT2D eigenvalue weighted by atomic mass is 32.1. The number of aryl methyl sites for hydroxylation is 3. The van der Waals surface area contributed by atoms with Crippen molar-refractivity contribution in [3.63, 3.8) is 0 Å². The first-order valence-electron chi connectivity index (χ1n) is 6.36. The van der Waals surface area contributed by atoms with Crippen molar-refractivity contribution in [1.29, 1.82) is 0 Å². The number of hydrogen-bond acceptors (Lipinski definition) is 4. The quantitative estimate of drug-likeness (QED) is 0.851. The van der Waals surface area contributed by atoms with E-state index in [1.54, 1.807) is 22.0 Å². The SMILES string of the molecule is Cc1cc(=O)n(CCNCc2sccc2C)c(C)n1. The fourth-order valence-electron chi connectivity index (χ4n) is 2.01. The minimum atomic E-state index is 0.0269. The van der Waals surface area contributed by atoms with E-state index in [-0.39, 0.29) is 5.56 Å². The molecule has 5 heteroatoms. The highest BCUT2D eigenvalue weighted by Crippen LogP contribution is 2.14. The highest BCUT2D eigenvalue weighted by molar-refractivity contribution is 7.10. The van der Waals surface area contributed by atoms with Gasteiger partial charge in [0.15, 0.2) is 0 Å². The van der Waals surface area contributed by atoms with E-state index in [1.807, 2.05) is 13.8 Å². The molecule has 0 saturated carbocycles. The largest absolute Gasteiger partial charge is 0.310 e. The summed E-state index contributed by atoms with van der Waals surface area (Å²) in [5.74, 6) is 0.777. The maximum atomic E-state index is 11.8. The van der Waals surface area contributed by atoms with Crippen LogP contribution in [-0.2, 0) is 13.1 Å². The summed E-state index contributed by atoms with van der Waals surface area (Å²) in [6.45, 7) is 8.11. The van der Waals surface area contributed by atoms with Crippen molar-refractivity contribution in [2.24, 2.45) is 0 Å². The molecule has 0 aliphatic carbocycles.